The zero-order valence-corrected chi connectivity index (χ0v) is 13.2. The van der Waals surface area contributed by atoms with Crippen LogP contribution in [0.25, 0.3) is 0 Å². The molecule has 118 valence electrons. The first-order valence-electron chi connectivity index (χ1n) is 8.33. The van der Waals surface area contributed by atoms with E-state index >= 15 is 0 Å². The van der Waals surface area contributed by atoms with Crippen LogP contribution in [0.3, 0.4) is 0 Å². The largest absolute Gasteiger partial charge is 0.315 e. The Morgan fingerprint density at radius 3 is 2.78 bits per heavy atom. The normalized spacial score (nSPS) is 17.7. The Morgan fingerprint density at radius 2 is 1.96 bits per heavy atom. The molecule has 3 aromatic rings. The fourth-order valence-electron chi connectivity index (χ4n) is 3.44. The highest BCUT2D eigenvalue weighted by molar-refractivity contribution is 5.20. The lowest BCUT2D eigenvalue weighted by Crippen LogP contribution is -2.10. The number of aromatic nitrogens is 5. The van der Waals surface area contributed by atoms with Crippen molar-refractivity contribution in [3.8, 4) is 0 Å². The van der Waals surface area contributed by atoms with Crippen molar-refractivity contribution in [1.29, 1.82) is 0 Å². The van der Waals surface area contributed by atoms with Crippen LogP contribution in [0, 0.1) is 0 Å². The molecule has 2 aromatic heterocycles. The predicted molar refractivity (Wildman–Crippen MR) is 88.1 cm³/mol. The van der Waals surface area contributed by atoms with Crippen molar-refractivity contribution in [1.82, 2.24) is 24.5 Å². The van der Waals surface area contributed by atoms with E-state index in [2.05, 4.69) is 50.2 Å². The first-order chi connectivity index (χ1) is 11.4. The summed E-state index contributed by atoms with van der Waals surface area (Å²) in [6.07, 6.45) is 8.00. The van der Waals surface area contributed by atoms with Crippen LogP contribution in [-0.4, -0.2) is 24.5 Å². The van der Waals surface area contributed by atoms with E-state index in [0.29, 0.717) is 5.92 Å². The van der Waals surface area contributed by atoms with Crippen LogP contribution in [0.5, 0.6) is 0 Å². The average molecular weight is 307 g/mol. The number of rotatable bonds is 4. The van der Waals surface area contributed by atoms with Gasteiger partial charge in [-0.2, -0.15) is 5.10 Å². The van der Waals surface area contributed by atoms with Gasteiger partial charge in [0.05, 0.1) is 0 Å². The maximum atomic E-state index is 4.43. The fraction of sp³-hybridized carbons (Fsp3) is 0.389. The zero-order valence-electron chi connectivity index (χ0n) is 13.2. The molecule has 1 unspecified atom stereocenters. The van der Waals surface area contributed by atoms with Crippen molar-refractivity contribution in [3.63, 3.8) is 0 Å². The molecule has 1 atom stereocenters. The summed E-state index contributed by atoms with van der Waals surface area (Å²) in [6, 6.07) is 12.8. The second-order valence-electron chi connectivity index (χ2n) is 6.14. The highest BCUT2D eigenvalue weighted by Crippen LogP contribution is 2.29. The Morgan fingerprint density at radius 1 is 1.04 bits per heavy atom. The van der Waals surface area contributed by atoms with Gasteiger partial charge < -0.3 is 4.57 Å². The number of benzene rings is 1. The molecule has 0 fully saturated rings. The molecule has 0 spiro atoms. The van der Waals surface area contributed by atoms with Gasteiger partial charge in [-0.15, -0.1) is 10.2 Å². The number of hydrogen-bond donors (Lipinski definition) is 0. The van der Waals surface area contributed by atoms with Gasteiger partial charge in [0.2, 0.25) is 0 Å². The number of fused-ring (bicyclic) bond motifs is 1. The standard InChI is InChI=1S/C18H21N5/c1-2-5-15(6-3-1)16-7-8-17-20-21-18(23(17)14-9-16)10-13-22-12-4-11-19-22/h1-6,11-12,16H,7-10,13-14H2. The summed E-state index contributed by atoms with van der Waals surface area (Å²) in [5.74, 6) is 2.85. The van der Waals surface area contributed by atoms with Gasteiger partial charge in [0.25, 0.3) is 0 Å². The molecule has 5 heteroatoms. The maximum Gasteiger partial charge on any atom is 0.134 e. The summed E-state index contributed by atoms with van der Waals surface area (Å²) in [5, 5.41) is 13.1. The van der Waals surface area contributed by atoms with Crippen LogP contribution < -0.4 is 0 Å². The maximum absolute atomic E-state index is 4.43. The van der Waals surface area contributed by atoms with E-state index in [-0.39, 0.29) is 0 Å². The number of nitrogens with zero attached hydrogens (tertiary/aromatic N) is 5. The predicted octanol–water partition coefficient (Wildman–Crippen LogP) is 2.84. The topological polar surface area (TPSA) is 48.5 Å². The molecule has 0 radical (unpaired) electrons. The molecule has 0 bridgehead atoms. The van der Waals surface area contributed by atoms with Crippen LogP contribution in [0.4, 0.5) is 0 Å². The molecule has 5 nitrogen and oxygen atoms in total. The van der Waals surface area contributed by atoms with Gasteiger partial charge in [0, 0.05) is 38.3 Å². The van der Waals surface area contributed by atoms with Gasteiger partial charge in [-0.1, -0.05) is 30.3 Å². The molecule has 1 aromatic carbocycles. The molecule has 4 rings (SSSR count). The van der Waals surface area contributed by atoms with Gasteiger partial charge in [-0.25, -0.2) is 0 Å². The third kappa shape index (κ3) is 3.04. The third-order valence-electron chi connectivity index (χ3n) is 4.72. The molecule has 0 N–H and O–H groups in total. The molecule has 3 heterocycles. The molecule has 1 aliphatic heterocycles. The fourth-order valence-corrected chi connectivity index (χ4v) is 3.44. The van der Waals surface area contributed by atoms with Crippen molar-refractivity contribution in [2.75, 3.05) is 0 Å². The quantitative estimate of drug-likeness (QED) is 0.744. The highest BCUT2D eigenvalue weighted by Gasteiger charge is 2.21. The Balaban J connectivity index is 1.47. The van der Waals surface area contributed by atoms with E-state index in [1.165, 1.54) is 5.56 Å². The lowest BCUT2D eigenvalue weighted by atomic mass is 9.92. The molecule has 1 aliphatic rings. The molecular weight excluding hydrogens is 286 g/mol. The first-order valence-corrected chi connectivity index (χ1v) is 8.33. The second kappa shape index (κ2) is 6.36. The summed E-state index contributed by atoms with van der Waals surface area (Å²) in [4.78, 5) is 0. The van der Waals surface area contributed by atoms with Gasteiger partial charge in [-0.3, -0.25) is 4.68 Å². The summed E-state index contributed by atoms with van der Waals surface area (Å²) < 4.78 is 4.28. The van der Waals surface area contributed by atoms with Crippen LogP contribution >= 0.6 is 0 Å². The van der Waals surface area contributed by atoms with E-state index in [1.54, 1.807) is 0 Å². The first kappa shape index (κ1) is 14.2. The molecule has 0 saturated carbocycles. The Hall–Kier alpha value is -2.43. The van der Waals surface area contributed by atoms with Gasteiger partial charge in [0.15, 0.2) is 0 Å². The van der Waals surface area contributed by atoms with Gasteiger partial charge in [0.1, 0.15) is 11.6 Å². The lowest BCUT2D eigenvalue weighted by molar-refractivity contribution is 0.531. The minimum Gasteiger partial charge on any atom is -0.315 e. The van der Waals surface area contributed by atoms with E-state index in [9.17, 15) is 0 Å². The monoisotopic (exact) mass is 307 g/mol. The average Bonchev–Trinajstić information content (AvgIpc) is 3.19. The van der Waals surface area contributed by atoms with Crippen LogP contribution in [0.2, 0.25) is 0 Å². The molecule has 23 heavy (non-hydrogen) atoms. The molecular formula is C18H21N5. The SMILES string of the molecule is c1ccc(C2CCc3nnc(CCn4cccn4)n3CC2)cc1. The van der Waals surface area contributed by atoms with E-state index < -0.39 is 0 Å². The smallest absolute Gasteiger partial charge is 0.134 e. The number of aryl methyl sites for hydroxylation is 3. The minimum absolute atomic E-state index is 0.622. The Kier molecular flexibility index (Phi) is 3.92. The zero-order chi connectivity index (χ0) is 15.5. The van der Waals surface area contributed by atoms with Crippen molar-refractivity contribution in [3.05, 3.63) is 66.0 Å². The van der Waals surface area contributed by atoms with E-state index in [1.807, 2.05) is 23.1 Å². The van der Waals surface area contributed by atoms with E-state index in [0.717, 1.165) is 50.4 Å². The highest BCUT2D eigenvalue weighted by atomic mass is 15.3. The Labute approximate surface area is 136 Å². The van der Waals surface area contributed by atoms with Crippen molar-refractivity contribution in [2.24, 2.45) is 0 Å². The summed E-state index contributed by atoms with van der Waals surface area (Å²) >= 11 is 0. The van der Waals surface area contributed by atoms with Gasteiger partial charge >= 0.3 is 0 Å². The van der Waals surface area contributed by atoms with Crippen LogP contribution in [0.15, 0.2) is 48.8 Å². The minimum atomic E-state index is 0.622. The van der Waals surface area contributed by atoms with Crippen LogP contribution in [-0.2, 0) is 25.9 Å². The molecule has 0 aliphatic carbocycles. The third-order valence-corrected chi connectivity index (χ3v) is 4.72. The summed E-state index contributed by atoms with van der Waals surface area (Å²) in [6.45, 7) is 1.86. The molecule has 0 amide bonds. The Bertz CT molecular complexity index is 745. The summed E-state index contributed by atoms with van der Waals surface area (Å²) in [5.41, 5.74) is 1.45. The van der Waals surface area contributed by atoms with Crippen LogP contribution in [0.1, 0.15) is 36.0 Å². The van der Waals surface area contributed by atoms with E-state index in [4.69, 9.17) is 0 Å². The molecule has 0 saturated heterocycles. The van der Waals surface area contributed by atoms with Crippen molar-refractivity contribution in [2.45, 2.75) is 44.7 Å². The van der Waals surface area contributed by atoms with Gasteiger partial charge in [-0.05, 0) is 30.4 Å². The second-order valence-corrected chi connectivity index (χ2v) is 6.14. The lowest BCUT2D eigenvalue weighted by Gasteiger charge is -2.14. The summed E-state index contributed by atoms with van der Waals surface area (Å²) in [7, 11) is 0. The number of hydrogen-bond acceptors (Lipinski definition) is 3. The van der Waals surface area contributed by atoms with Crippen molar-refractivity contribution < 1.29 is 0 Å². The van der Waals surface area contributed by atoms with Crippen molar-refractivity contribution >= 4 is 0 Å².